The van der Waals surface area contributed by atoms with Crippen molar-refractivity contribution in [1.29, 1.82) is 5.26 Å². The first kappa shape index (κ1) is 16.1. The lowest BCUT2D eigenvalue weighted by Crippen LogP contribution is -2.26. The average Bonchev–Trinajstić information content (AvgIpc) is 3.20. The van der Waals surface area contributed by atoms with Gasteiger partial charge in [-0.1, -0.05) is 0 Å². The number of ether oxygens (including phenoxy) is 3. The summed E-state index contributed by atoms with van der Waals surface area (Å²) in [4.78, 5) is 18.5. The highest BCUT2D eigenvalue weighted by molar-refractivity contribution is 7.09. The summed E-state index contributed by atoms with van der Waals surface area (Å²) in [5.74, 6) is 0.830. The number of methoxy groups -OCH3 is 3. The second-order valence-electron chi connectivity index (χ2n) is 5.00. The van der Waals surface area contributed by atoms with Crippen LogP contribution in [-0.4, -0.2) is 37.1 Å². The molecule has 1 atom stereocenters. The number of rotatable bonds is 5. The Kier molecular flexibility index (Phi) is 4.27. The summed E-state index contributed by atoms with van der Waals surface area (Å²) < 4.78 is 16.1. The number of thiazole rings is 1. The van der Waals surface area contributed by atoms with Gasteiger partial charge in [-0.3, -0.25) is 4.79 Å². The molecule has 3 rings (SSSR count). The minimum atomic E-state index is -0.772. The Morgan fingerprint density at radius 2 is 2.04 bits per heavy atom. The maximum atomic E-state index is 12.8. The molecule has 2 aromatic rings. The molecule has 0 spiro atoms. The van der Waals surface area contributed by atoms with Crippen LogP contribution in [0.15, 0.2) is 17.6 Å². The number of nitrogens with zero attached hydrogens (tertiary/aromatic N) is 3. The predicted octanol–water partition coefficient (Wildman–Crippen LogP) is 2.39. The van der Waals surface area contributed by atoms with Crippen LogP contribution in [0, 0.1) is 11.3 Å². The molecule has 0 radical (unpaired) electrons. The smallest absolute Gasteiger partial charge is 0.256 e. The van der Waals surface area contributed by atoms with Crippen LogP contribution in [0.1, 0.15) is 27.0 Å². The van der Waals surface area contributed by atoms with Gasteiger partial charge in [0.25, 0.3) is 5.91 Å². The van der Waals surface area contributed by atoms with Gasteiger partial charge in [0.1, 0.15) is 11.0 Å². The fourth-order valence-corrected chi connectivity index (χ4v) is 3.44. The van der Waals surface area contributed by atoms with Crippen LogP contribution >= 0.6 is 11.3 Å². The second-order valence-corrected chi connectivity index (χ2v) is 5.98. The second kappa shape index (κ2) is 6.37. The molecule has 7 nitrogen and oxygen atoms in total. The van der Waals surface area contributed by atoms with Crippen molar-refractivity contribution in [2.24, 2.45) is 0 Å². The Morgan fingerprint density at radius 3 is 2.58 bits per heavy atom. The summed E-state index contributed by atoms with van der Waals surface area (Å²) >= 11 is 1.43. The van der Waals surface area contributed by atoms with Gasteiger partial charge in [-0.2, -0.15) is 5.26 Å². The van der Waals surface area contributed by atoms with Crippen molar-refractivity contribution in [3.8, 4) is 23.3 Å². The number of amides is 1. The van der Waals surface area contributed by atoms with E-state index in [1.807, 2.05) is 5.38 Å². The van der Waals surface area contributed by atoms with E-state index in [4.69, 9.17) is 14.2 Å². The van der Waals surface area contributed by atoms with E-state index in [2.05, 4.69) is 11.1 Å². The Bertz CT molecular complexity index is 814. The van der Waals surface area contributed by atoms with Gasteiger partial charge in [-0.15, -0.1) is 11.3 Å². The zero-order valence-corrected chi connectivity index (χ0v) is 14.2. The normalized spacial score (nSPS) is 15.8. The Balaban J connectivity index is 2.14. The highest BCUT2D eigenvalue weighted by Crippen LogP contribution is 2.49. The van der Waals surface area contributed by atoms with Crippen molar-refractivity contribution in [2.75, 3.05) is 21.3 Å². The molecule has 1 aliphatic heterocycles. The summed E-state index contributed by atoms with van der Waals surface area (Å²) in [5, 5.41) is 12.2. The lowest BCUT2D eigenvalue weighted by Gasteiger charge is -2.20. The first-order valence-corrected chi connectivity index (χ1v) is 7.96. The molecule has 0 N–H and O–H groups in total. The van der Waals surface area contributed by atoms with E-state index in [0.29, 0.717) is 28.4 Å². The van der Waals surface area contributed by atoms with E-state index in [-0.39, 0.29) is 12.5 Å². The van der Waals surface area contributed by atoms with Gasteiger partial charge >= 0.3 is 0 Å². The number of carbonyl (C=O) groups excluding carboxylic acids is 1. The number of fused-ring (bicyclic) bond motifs is 1. The molecular weight excluding hydrogens is 330 g/mol. The molecule has 124 valence electrons. The highest BCUT2D eigenvalue weighted by atomic mass is 32.1. The van der Waals surface area contributed by atoms with Crippen LogP contribution in [0.5, 0.6) is 17.2 Å². The summed E-state index contributed by atoms with van der Waals surface area (Å²) in [6.07, 6.45) is 1.67. The van der Waals surface area contributed by atoms with Gasteiger partial charge in [0, 0.05) is 17.1 Å². The van der Waals surface area contributed by atoms with E-state index in [1.165, 1.54) is 37.6 Å². The lowest BCUT2D eigenvalue weighted by atomic mass is 10.0. The van der Waals surface area contributed by atoms with Crippen molar-refractivity contribution in [3.05, 3.63) is 33.8 Å². The summed E-state index contributed by atoms with van der Waals surface area (Å²) in [7, 11) is 4.44. The van der Waals surface area contributed by atoms with Gasteiger partial charge in [0.2, 0.25) is 5.75 Å². The Labute approximate surface area is 143 Å². The largest absolute Gasteiger partial charge is 0.493 e. The van der Waals surface area contributed by atoms with Crippen LogP contribution in [0.4, 0.5) is 0 Å². The van der Waals surface area contributed by atoms with Crippen LogP contribution < -0.4 is 14.2 Å². The maximum absolute atomic E-state index is 12.8. The van der Waals surface area contributed by atoms with Gasteiger partial charge < -0.3 is 19.1 Å². The molecule has 0 aliphatic carbocycles. The number of aromatic nitrogens is 1. The molecule has 0 bridgehead atoms. The molecule has 1 aromatic carbocycles. The molecule has 8 heteroatoms. The summed E-state index contributed by atoms with van der Waals surface area (Å²) in [6.45, 7) is 0.261. The van der Waals surface area contributed by atoms with Crippen LogP contribution in [0.3, 0.4) is 0 Å². The molecule has 1 aromatic heterocycles. The zero-order chi connectivity index (χ0) is 17.3. The van der Waals surface area contributed by atoms with Crippen molar-refractivity contribution in [3.63, 3.8) is 0 Å². The molecular formula is C16H15N3O4S. The third kappa shape index (κ3) is 2.34. The quantitative estimate of drug-likeness (QED) is 0.827. The topological polar surface area (TPSA) is 84.7 Å². The van der Waals surface area contributed by atoms with E-state index in [0.717, 1.165) is 5.01 Å². The number of nitriles is 1. The fraction of sp³-hybridized carbons (Fsp3) is 0.312. The van der Waals surface area contributed by atoms with Gasteiger partial charge in [-0.25, -0.2) is 4.98 Å². The lowest BCUT2D eigenvalue weighted by molar-refractivity contribution is 0.0744. The van der Waals surface area contributed by atoms with E-state index in [9.17, 15) is 10.1 Å². The number of hydrogen-bond donors (Lipinski definition) is 0. The number of carbonyl (C=O) groups is 1. The minimum absolute atomic E-state index is 0.258. The SMILES string of the molecule is COc1cc2c(c(OC)c1OC)C(C#N)N(Cc1nccs1)C2=O. The molecule has 2 heterocycles. The maximum Gasteiger partial charge on any atom is 0.256 e. The van der Waals surface area contributed by atoms with Crippen molar-refractivity contribution >= 4 is 17.2 Å². The Morgan fingerprint density at radius 1 is 1.29 bits per heavy atom. The summed E-state index contributed by atoms with van der Waals surface area (Å²) in [5.41, 5.74) is 0.881. The van der Waals surface area contributed by atoms with Crippen molar-refractivity contribution < 1.29 is 19.0 Å². The van der Waals surface area contributed by atoms with E-state index >= 15 is 0 Å². The van der Waals surface area contributed by atoms with Crippen LogP contribution in [0.2, 0.25) is 0 Å². The highest BCUT2D eigenvalue weighted by Gasteiger charge is 2.42. The van der Waals surface area contributed by atoms with Gasteiger partial charge in [0.05, 0.1) is 39.5 Å². The molecule has 0 saturated heterocycles. The molecule has 24 heavy (non-hydrogen) atoms. The predicted molar refractivity (Wildman–Crippen MR) is 86.4 cm³/mol. The van der Waals surface area contributed by atoms with Crippen LogP contribution in [0.25, 0.3) is 0 Å². The monoisotopic (exact) mass is 345 g/mol. The molecule has 1 amide bonds. The van der Waals surface area contributed by atoms with Crippen molar-refractivity contribution in [1.82, 2.24) is 9.88 Å². The third-order valence-corrected chi connectivity index (χ3v) is 4.62. The fourth-order valence-electron chi connectivity index (χ4n) is 2.83. The standard InChI is InChI=1S/C16H15N3O4S/c1-21-11-6-9-13(15(23-3)14(11)22-2)10(7-17)19(16(9)20)8-12-18-4-5-24-12/h4-6,10H,8H2,1-3H3. The number of benzene rings is 1. The minimum Gasteiger partial charge on any atom is -0.493 e. The first-order chi connectivity index (χ1) is 11.7. The summed E-state index contributed by atoms with van der Waals surface area (Å²) in [6, 6.07) is 3.00. The van der Waals surface area contributed by atoms with E-state index < -0.39 is 6.04 Å². The molecule has 0 fully saturated rings. The Hall–Kier alpha value is -2.79. The van der Waals surface area contributed by atoms with Gasteiger partial charge in [-0.05, 0) is 6.07 Å². The first-order valence-electron chi connectivity index (χ1n) is 7.08. The van der Waals surface area contributed by atoms with Gasteiger partial charge in [0.15, 0.2) is 11.5 Å². The average molecular weight is 345 g/mol. The molecule has 1 aliphatic rings. The number of hydrogen-bond acceptors (Lipinski definition) is 7. The van der Waals surface area contributed by atoms with Crippen LogP contribution in [-0.2, 0) is 6.54 Å². The van der Waals surface area contributed by atoms with E-state index in [1.54, 1.807) is 12.3 Å². The third-order valence-electron chi connectivity index (χ3n) is 3.86. The van der Waals surface area contributed by atoms with Crippen molar-refractivity contribution in [2.45, 2.75) is 12.6 Å². The molecule has 1 unspecified atom stereocenters. The zero-order valence-electron chi connectivity index (χ0n) is 13.4. The molecule has 0 saturated carbocycles.